The standard InChI is InChI=1S/C22H21BrN2O3/c1-25-18-6-4-5-14-13(18)7-8-15-16(11-20(24)28-21(14)15)12-9-17(23)22(27-3)19(10-12)26-2/h4-11,16,25H,24H2,1-3H3. The van der Waals surface area contributed by atoms with Crippen molar-refractivity contribution in [1.82, 2.24) is 0 Å². The monoisotopic (exact) mass is 440 g/mol. The molecule has 1 aliphatic heterocycles. The fourth-order valence-electron chi connectivity index (χ4n) is 3.72. The average Bonchev–Trinajstić information content (AvgIpc) is 2.71. The molecule has 1 aliphatic rings. The number of hydrogen-bond donors (Lipinski definition) is 2. The van der Waals surface area contributed by atoms with E-state index in [4.69, 9.17) is 19.9 Å². The Balaban J connectivity index is 1.93. The summed E-state index contributed by atoms with van der Waals surface area (Å²) in [7, 11) is 5.16. The molecule has 0 spiro atoms. The van der Waals surface area contributed by atoms with Crippen LogP contribution >= 0.6 is 15.9 Å². The van der Waals surface area contributed by atoms with Crippen LogP contribution in [-0.4, -0.2) is 21.3 Å². The second-order valence-electron chi connectivity index (χ2n) is 6.52. The number of ether oxygens (including phenoxy) is 3. The zero-order valence-corrected chi connectivity index (χ0v) is 17.5. The lowest BCUT2D eigenvalue weighted by molar-refractivity contribution is 0.352. The summed E-state index contributed by atoms with van der Waals surface area (Å²) in [6.07, 6.45) is 1.92. The van der Waals surface area contributed by atoms with Crippen molar-refractivity contribution in [2.24, 2.45) is 5.73 Å². The van der Waals surface area contributed by atoms with Gasteiger partial charge in [-0.2, -0.15) is 0 Å². The molecule has 0 aromatic heterocycles. The molecule has 5 nitrogen and oxygen atoms in total. The van der Waals surface area contributed by atoms with Crippen molar-refractivity contribution in [3.63, 3.8) is 0 Å². The molecule has 0 fully saturated rings. The lowest BCUT2D eigenvalue weighted by Gasteiger charge is -2.26. The van der Waals surface area contributed by atoms with Crippen LogP contribution in [0.3, 0.4) is 0 Å². The zero-order chi connectivity index (χ0) is 19.8. The summed E-state index contributed by atoms with van der Waals surface area (Å²) in [5, 5.41) is 5.34. The van der Waals surface area contributed by atoms with Gasteiger partial charge in [0.1, 0.15) is 5.75 Å². The Kier molecular flexibility index (Phi) is 4.81. The van der Waals surface area contributed by atoms with Crippen molar-refractivity contribution in [1.29, 1.82) is 0 Å². The first-order valence-corrected chi connectivity index (χ1v) is 9.66. The first-order chi connectivity index (χ1) is 13.6. The topological polar surface area (TPSA) is 65.7 Å². The molecule has 6 heteroatoms. The lowest BCUT2D eigenvalue weighted by Crippen LogP contribution is -2.16. The van der Waals surface area contributed by atoms with Crippen molar-refractivity contribution in [2.45, 2.75) is 5.92 Å². The minimum absolute atomic E-state index is 0.0671. The number of fused-ring (bicyclic) bond motifs is 3. The second kappa shape index (κ2) is 7.28. The Morgan fingerprint density at radius 1 is 1.07 bits per heavy atom. The average molecular weight is 441 g/mol. The predicted molar refractivity (Wildman–Crippen MR) is 115 cm³/mol. The van der Waals surface area contributed by atoms with E-state index in [-0.39, 0.29) is 5.92 Å². The molecule has 3 aromatic rings. The quantitative estimate of drug-likeness (QED) is 0.598. The molecule has 3 N–H and O–H groups in total. The number of halogens is 1. The molecule has 0 saturated carbocycles. The van der Waals surface area contributed by atoms with Crippen LogP contribution in [0.15, 0.2) is 58.9 Å². The molecule has 0 aliphatic carbocycles. The first-order valence-electron chi connectivity index (χ1n) is 8.87. The van der Waals surface area contributed by atoms with Crippen LogP contribution < -0.4 is 25.3 Å². The van der Waals surface area contributed by atoms with Crippen LogP contribution in [-0.2, 0) is 0 Å². The Labute approximate surface area is 172 Å². The summed E-state index contributed by atoms with van der Waals surface area (Å²) in [4.78, 5) is 0. The number of nitrogens with two attached hydrogens (primary N) is 1. The van der Waals surface area contributed by atoms with Gasteiger partial charge < -0.3 is 25.3 Å². The Hall–Kier alpha value is -2.86. The highest BCUT2D eigenvalue weighted by Gasteiger charge is 2.26. The smallest absolute Gasteiger partial charge is 0.187 e. The maximum absolute atomic E-state index is 6.16. The third-order valence-corrected chi connectivity index (χ3v) is 5.60. The molecular formula is C22H21BrN2O3. The van der Waals surface area contributed by atoms with Gasteiger partial charge >= 0.3 is 0 Å². The maximum atomic E-state index is 6.16. The molecule has 0 amide bonds. The molecule has 0 saturated heterocycles. The molecular weight excluding hydrogens is 420 g/mol. The molecule has 1 heterocycles. The molecule has 0 radical (unpaired) electrons. The third-order valence-electron chi connectivity index (χ3n) is 5.01. The van der Waals surface area contributed by atoms with E-state index in [0.717, 1.165) is 37.8 Å². The molecule has 3 aromatic carbocycles. The van der Waals surface area contributed by atoms with E-state index in [9.17, 15) is 0 Å². The zero-order valence-electron chi connectivity index (χ0n) is 15.9. The van der Waals surface area contributed by atoms with Gasteiger partial charge in [-0.05, 0) is 45.8 Å². The van der Waals surface area contributed by atoms with Gasteiger partial charge in [-0.3, -0.25) is 0 Å². The predicted octanol–water partition coefficient (Wildman–Crippen LogP) is 4.99. The summed E-state index contributed by atoms with van der Waals surface area (Å²) in [6, 6.07) is 14.3. The number of rotatable bonds is 4. The maximum Gasteiger partial charge on any atom is 0.187 e. The van der Waals surface area contributed by atoms with Crippen molar-refractivity contribution >= 4 is 32.4 Å². The molecule has 28 heavy (non-hydrogen) atoms. The minimum Gasteiger partial charge on any atom is -0.493 e. The molecule has 1 atom stereocenters. The SMILES string of the molecule is CNc1cccc2c3c(ccc12)C(c1cc(Br)c(OC)c(OC)c1)C=C(N)O3. The van der Waals surface area contributed by atoms with Crippen molar-refractivity contribution in [3.8, 4) is 17.2 Å². The van der Waals surface area contributed by atoms with E-state index in [1.165, 1.54) is 0 Å². The summed E-state index contributed by atoms with van der Waals surface area (Å²) in [5.74, 6) is 2.41. The van der Waals surface area contributed by atoms with Crippen molar-refractivity contribution in [2.75, 3.05) is 26.6 Å². The van der Waals surface area contributed by atoms with Gasteiger partial charge in [-0.25, -0.2) is 0 Å². The second-order valence-corrected chi connectivity index (χ2v) is 7.38. The van der Waals surface area contributed by atoms with E-state index in [1.807, 2.05) is 37.4 Å². The largest absolute Gasteiger partial charge is 0.493 e. The van der Waals surface area contributed by atoms with Gasteiger partial charge in [0.05, 0.1) is 18.7 Å². The highest BCUT2D eigenvalue weighted by Crippen LogP contribution is 2.46. The fourth-order valence-corrected chi connectivity index (χ4v) is 4.34. The first kappa shape index (κ1) is 18.5. The van der Waals surface area contributed by atoms with E-state index < -0.39 is 0 Å². The number of benzene rings is 3. The Morgan fingerprint density at radius 3 is 2.61 bits per heavy atom. The highest BCUT2D eigenvalue weighted by molar-refractivity contribution is 9.10. The van der Waals surface area contributed by atoms with Crippen LogP contribution in [0, 0.1) is 0 Å². The summed E-state index contributed by atoms with van der Waals surface area (Å²) in [5.41, 5.74) is 9.28. The molecule has 144 valence electrons. The van der Waals surface area contributed by atoms with E-state index in [0.29, 0.717) is 17.4 Å². The van der Waals surface area contributed by atoms with Gasteiger partial charge in [-0.15, -0.1) is 0 Å². The van der Waals surface area contributed by atoms with Crippen LogP contribution in [0.25, 0.3) is 10.8 Å². The van der Waals surface area contributed by atoms with Gasteiger partial charge in [0.25, 0.3) is 0 Å². The van der Waals surface area contributed by atoms with Gasteiger partial charge in [0, 0.05) is 35.0 Å². The highest BCUT2D eigenvalue weighted by atomic mass is 79.9. The van der Waals surface area contributed by atoms with E-state index in [2.05, 4.69) is 39.4 Å². The summed E-state index contributed by atoms with van der Waals surface area (Å²) >= 11 is 3.58. The minimum atomic E-state index is -0.0671. The number of anilines is 1. The van der Waals surface area contributed by atoms with E-state index >= 15 is 0 Å². The number of allylic oxidation sites excluding steroid dienone is 1. The van der Waals surface area contributed by atoms with Crippen LogP contribution in [0.2, 0.25) is 0 Å². The molecule has 4 rings (SSSR count). The Morgan fingerprint density at radius 2 is 1.89 bits per heavy atom. The summed E-state index contributed by atoms with van der Waals surface area (Å²) in [6.45, 7) is 0. The van der Waals surface area contributed by atoms with Crippen molar-refractivity contribution < 1.29 is 14.2 Å². The number of methoxy groups -OCH3 is 2. The molecule has 1 unspecified atom stereocenters. The fraction of sp³-hybridized carbons (Fsp3) is 0.182. The normalized spacial score (nSPS) is 15.4. The van der Waals surface area contributed by atoms with Crippen LogP contribution in [0.4, 0.5) is 5.69 Å². The van der Waals surface area contributed by atoms with Gasteiger partial charge in [-0.1, -0.05) is 24.3 Å². The molecule has 0 bridgehead atoms. The number of nitrogens with one attached hydrogen (secondary N) is 1. The summed E-state index contributed by atoms with van der Waals surface area (Å²) < 4.78 is 17.8. The van der Waals surface area contributed by atoms with E-state index in [1.54, 1.807) is 14.2 Å². The lowest BCUT2D eigenvalue weighted by atomic mass is 9.87. The third kappa shape index (κ3) is 2.94. The number of hydrogen-bond acceptors (Lipinski definition) is 5. The van der Waals surface area contributed by atoms with Crippen LogP contribution in [0.5, 0.6) is 17.2 Å². The van der Waals surface area contributed by atoms with Crippen LogP contribution in [0.1, 0.15) is 17.0 Å². The van der Waals surface area contributed by atoms with Gasteiger partial charge in [0.2, 0.25) is 0 Å². The van der Waals surface area contributed by atoms with Gasteiger partial charge in [0.15, 0.2) is 17.4 Å². The van der Waals surface area contributed by atoms with Crippen molar-refractivity contribution in [3.05, 3.63) is 70.0 Å². The Bertz CT molecular complexity index is 1090.